The summed E-state index contributed by atoms with van der Waals surface area (Å²) in [6.07, 6.45) is 1.86. The Hall–Kier alpha value is -3.50. The predicted molar refractivity (Wildman–Crippen MR) is 135 cm³/mol. The Balaban J connectivity index is 1.47. The molecule has 1 saturated heterocycles. The van der Waals surface area contributed by atoms with Crippen LogP contribution in [0.3, 0.4) is 0 Å². The Kier molecular flexibility index (Phi) is 7.79. The second kappa shape index (κ2) is 10.9. The van der Waals surface area contributed by atoms with Crippen LogP contribution in [-0.2, 0) is 9.59 Å². The standard InChI is InChI=1S/C25H25Cl2N3O7/c1-13-7-18(26)23(19(27)8-13)37-6-5-36-21-4-3-15(10-28-21)17-9-16-11-29(14(2)31)12-20(22(17)24(32)33)30(16)25(34)35/h3-4,7-10,16,20,22H,5-6,11-12H2,1-2H3,(H,32,33)(H,34,35)/t16-,20-,22?/m1/s1. The number of benzene rings is 1. The molecule has 2 amide bonds. The van der Waals surface area contributed by atoms with Gasteiger partial charge in [-0.3, -0.25) is 14.5 Å². The van der Waals surface area contributed by atoms with Gasteiger partial charge < -0.3 is 24.6 Å². The summed E-state index contributed by atoms with van der Waals surface area (Å²) in [5, 5.41) is 20.5. The van der Waals surface area contributed by atoms with Crippen LogP contribution in [0.4, 0.5) is 4.79 Å². The van der Waals surface area contributed by atoms with Crippen LogP contribution in [0.15, 0.2) is 36.5 Å². The number of fused-ring (bicyclic) bond motifs is 2. The zero-order valence-electron chi connectivity index (χ0n) is 20.1. The van der Waals surface area contributed by atoms with Crippen LogP contribution in [0.25, 0.3) is 5.57 Å². The van der Waals surface area contributed by atoms with Gasteiger partial charge in [-0.05, 0) is 41.8 Å². The minimum Gasteiger partial charge on any atom is -0.487 e. The van der Waals surface area contributed by atoms with E-state index in [2.05, 4.69) is 4.98 Å². The van der Waals surface area contributed by atoms with Gasteiger partial charge in [0.15, 0.2) is 5.75 Å². The molecule has 3 heterocycles. The molecule has 2 bridgehead atoms. The summed E-state index contributed by atoms with van der Waals surface area (Å²) in [6.45, 7) is 3.72. The van der Waals surface area contributed by atoms with Gasteiger partial charge in [-0.15, -0.1) is 0 Å². The SMILES string of the molecule is CC(=O)N1C[C@H]2C=C(c3ccc(OCCOc4c(Cl)cc(C)cc4Cl)nc3)C(C(=O)O)[C@@H](C1)N2C(=O)O. The summed E-state index contributed by atoms with van der Waals surface area (Å²) in [5.74, 6) is -1.92. The molecular formula is C25H25Cl2N3O7. The van der Waals surface area contributed by atoms with Gasteiger partial charge >= 0.3 is 12.1 Å². The number of carboxylic acids is 1. The highest BCUT2D eigenvalue weighted by atomic mass is 35.5. The second-order valence-corrected chi connectivity index (χ2v) is 9.64. The van der Waals surface area contributed by atoms with Crippen molar-refractivity contribution >= 4 is 46.7 Å². The van der Waals surface area contributed by atoms with Gasteiger partial charge in [-0.25, -0.2) is 9.78 Å². The number of halogens is 2. The Morgan fingerprint density at radius 3 is 2.32 bits per heavy atom. The lowest BCUT2D eigenvalue weighted by atomic mass is 9.79. The van der Waals surface area contributed by atoms with Gasteiger partial charge in [-0.2, -0.15) is 0 Å². The van der Waals surface area contributed by atoms with Crippen LogP contribution >= 0.6 is 23.2 Å². The van der Waals surface area contributed by atoms with E-state index >= 15 is 0 Å². The van der Waals surface area contributed by atoms with Crippen molar-refractivity contribution in [2.75, 3.05) is 26.3 Å². The molecular weight excluding hydrogens is 525 g/mol. The summed E-state index contributed by atoms with van der Waals surface area (Å²) in [5.41, 5.74) is 1.90. The molecule has 0 aliphatic carbocycles. The number of carboxylic acid groups (broad SMARTS) is 2. The molecule has 0 spiro atoms. The summed E-state index contributed by atoms with van der Waals surface area (Å²) in [6, 6.07) is 5.17. The number of aryl methyl sites for hydroxylation is 1. The number of piperazine rings is 1. The predicted octanol–water partition coefficient (Wildman–Crippen LogP) is 3.83. The maximum absolute atomic E-state index is 12.3. The first-order valence-corrected chi connectivity index (χ1v) is 12.2. The van der Waals surface area contributed by atoms with Crippen molar-refractivity contribution in [3.05, 3.63) is 57.7 Å². The Bertz CT molecular complexity index is 1230. The van der Waals surface area contributed by atoms with E-state index in [9.17, 15) is 24.6 Å². The minimum atomic E-state index is -1.22. The third-order valence-corrected chi connectivity index (χ3v) is 6.91. The lowest BCUT2D eigenvalue weighted by Crippen LogP contribution is -2.65. The highest BCUT2D eigenvalue weighted by Gasteiger charge is 2.49. The first-order valence-electron chi connectivity index (χ1n) is 11.5. The second-order valence-electron chi connectivity index (χ2n) is 8.83. The molecule has 0 saturated carbocycles. The summed E-state index contributed by atoms with van der Waals surface area (Å²) in [7, 11) is 0. The average molecular weight is 550 g/mol. The summed E-state index contributed by atoms with van der Waals surface area (Å²) in [4.78, 5) is 43.0. The number of rotatable bonds is 7. The molecule has 10 nitrogen and oxygen atoms in total. The van der Waals surface area contributed by atoms with Crippen LogP contribution in [0, 0.1) is 12.8 Å². The molecule has 2 N–H and O–H groups in total. The molecule has 2 aliphatic rings. The number of hydrogen-bond acceptors (Lipinski definition) is 6. The number of nitrogens with zero attached hydrogens (tertiary/aromatic N) is 3. The van der Waals surface area contributed by atoms with Gasteiger partial charge in [0.05, 0.1) is 22.1 Å². The van der Waals surface area contributed by atoms with E-state index < -0.39 is 30.1 Å². The molecule has 196 valence electrons. The van der Waals surface area contributed by atoms with Crippen LogP contribution in [0.2, 0.25) is 10.0 Å². The third-order valence-electron chi connectivity index (χ3n) is 6.35. The molecule has 1 unspecified atom stereocenters. The van der Waals surface area contributed by atoms with Crippen LogP contribution in [0.5, 0.6) is 11.6 Å². The highest BCUT2D eigenvalue weighted by molar-refractivity contribution is 6.37. The Morgan fingerprint density at radius 2 is 1.76 bits per heavy atom. The molecule has 2 aliphatic heterocycles. The Labute approximate surface area is 223 Å². The van der Waals surface area contributed by atoms with Crippen LogP contribution in [0.1, 0.15) is 18.1 Å². The maximum atomic E-state index is 12.3. The van der Waals surface area contributed by atoms with Gasteiger partial charge in [0, 0.05) is 32.3 Å². The zero-order valence-corrected chi connectivity index (χ0v) is 21.6. The van der Waals surface area contributed by atoms with Gasteiger partial charge in [-0.1, -0.05) is 29.3 Å². The molecule has 12 heteroatoms. The van der Waals surface area contributed by atoms with E-state index in [1.165, 1.54) is 18.0 Å². The third kappa shape index (κ3) is 5.60. The lowest BCUT2D eigenvalue weighted by Gasteiger charge is -2.49. The number of amides is 2. The van der Waals surface area contributed by atoms with E-state index in [-0.39, 0.29) is 32.2 Å². The van der Waals surface area contributed by atoms with E-state index in [4.69, 9.17) is 32.7 Å². The minimum absolute atomic E-state index is 0.00389. The fourth-order valence-corrected chi connectivity index (χ4v) is 5.44. The Morgan fingerprint density at radius 1 is 1.08 bits per heavy atom. The van der Waals surface area contributed by atoms with Crippen molar-refractivity contribution in [2.45, 2.75) is 25.9 Å². The highest BCUT2D eigenvalue weighted by Crippen LogP contribution is 2.38. The molecule has 1 aromatic carbocycles. The largest absolute Gasteiger partial charge is 0.487 e. The first-order chi connectivity index (χ1) is 17.6. The fourth-order valence-electron chi connectivity index (χ4n) is 4.73. The van der Waals surface area contributed by atoms with Crippen molar-refractivity contribution in [1.29, 1.82) is 0 Å². The van der Waals surface area contributed by atoms with Crippen molar-refractivity contribution in [2.24, 2.45) is 5.92 Å². The zero-order chi connectivity index (χ0) is 26.9. The van der Waals surface area contributed by atoms with Gasteiger partial charge in [0.1, 0.15) is 19.1 Å². The van der Waals surface area contributed by atoms with E-state index in [0.717, 1.165) is 10.5 Å². The molecule has 37 heavy (non-hydrogen) atoms. The molecule has 1 aromatic heterocycles. The monoisotopic (exact) mass is 549 g/mol. The molecule has 0 radical (unpaired) electrons. The number of hydrogen-bond donors (Lipinski definition) is 2. The number of carbonyl (C=O) groups is 3. The van der Waals surface area contributed by atoms with E-state index in [1.807, 2.05) is 6.92 Å². The van der Waals surface area contributed by atoms with Crippen molar-refractivity contribution in [1.82, 2.24) is 14.8 Å². The van der Waals surface area contributed by atoms with Crippen molar-refractivity contribution in [3.63, 3.8) is 0 Å². The number of aromatic nitrogens is 1. The topological polar surface area (TPSA) is 130 Å². The molecule has 4 rings (SSSR count). The average Bonchev–Trinajstić information content (AvgIpc) is 2.81. The number of carbonyl (C=O) groups excluding carboxylic acids is 1. The number of aliphatic carboxylic acids is 1. The van der Waals surface area contributed by atoms with Crippen LogP contribution in [-0.4, -0.2) is 81.4 Å². The van der Waals surface area contributed by atoms with Crippen molar-refractivity contribution in [3.8, 4) is 11.6 Å². The first kappa shape index (κ1) is 26.6. The van der Waals surface area contributed by atoms with E-state index in [0.29, 0.717) is 32.8 Å². The van der Waals surface area contributed by atoms with Crippen LogP contribution < -0.4 is 9.47 Å². The fraction of sp³-hybridized carbons (Fsp3) is 0.360. The maximum Gasteiger partial charge on any atom is 0.408 e. The lowest BCUT2D eigenvalue weighted by molar-refractivity contribution is -0.145. The van der Waals surface area contributed by atoms with Gasteiger partial charge in [0.25, 0.3) is 0 Å². The van der Waals surface area contributed by atoms with E-state index in [1.54, 1.807) is 30.3 Å². The van der Waals surface area contributed by atoms with Crippen molar-refractivity contribution < 1.29 is 34.1 Å². The summed E-state index contributed by atoms with van der Waals surface area (Å²) < 4.78 is 11.3. The molecule has 3 atom stereocenters. The smallest absolute Gasteiger partial charge is 0.408 e. The number of ether oxygens (including phenoxy) is 2. The quantitative estimate of drug-likeness (QED) is 0.498. The summed E-state index contributed by atoms with van der Waals surface area (Å²) >= 11 is 12.4. The normalized spacial score (nSPS) is 20.8. The number of pyridine rings is 1. The molecule has 1 fully saturated rings. The molecule has 2 aromatic rings. The van der Waals surface area contributed by atoms with Gasteiger partial charge in [0.2, 0.25) is 11.8 Å².